The molecule has 1 rings (SSSR count). The van der Waals surface area contributed by atoms with Crippen molar-refractivity contribution in [2.45, 2.75) is 40.0 Å². The summed E-state index contributed by atoms with van der Waals surface area (Å²) in [6.45, 7) is 6.53. The van der Waals surface area contributed by atoms with Crippen LogP contribution in [0.15, 0.2) is 42.0 Å². The topological polar surface area (TPSA) is 0 Å². The van der Waals surface area contributed by atoms with Gasteiger partial charge in [-0.2, -0.15) is 0 Å². The van der Waals surface area contributed by atoms with Crippen LogP contribution in [0.1, 0.15) is 45.6 Å². The molecule has 0 bridgehead atoms. The molecule has 0 spiro atoms. The van der Waals surface area contributed by atoms with E-state index >= 15 is 0 Å². The zero-order valence-corrected chi connectivity index (χ0v) is 12.2. The molecule has 0 saturated carbocycles. The second kappa shape index (κ2) is 9.07. The lowest BCUT2D eigenvalue weighted by atomic mass is 10.0. The third-order valence-corrected chi connectivity index (χ3v) is 2.79. The van der Waals surface area contributed by atoms with Crippen molar-refractivity contribution in [1.29, 1.82) is 0 Å². The summed E-state index contributed by atoms with van der Waals surface area (Å²) >= 11 is 0. The van der Waals surface area contributed by atoms with E-state index in [0.717, 1.165) is 18.4 Å². The summed E-state index contributed by atoms with van der Waals surface area (Å²) in [6, 6.07) is 9.96. The molecule has 0 aliphatic carbocycles. The van der Waals surface area contributed by atoms with Crippen LogP contribution in [0.5, 0.6) is 0 Å². The molecule has 0 aromatic heterocycles. The maximum Gasteiger partial charge on any atom is 0.0255 e. The Morgan fingerprint density at radius 3 is 2.58 bits per heavy atom. The number of hydrogen-bond acceptors (Lipinski definition) is 0. The largest absolute Gasteiger partial charge is 0.0888 e. The summed E-state index contributed by atoms with van der Waals surface area (Å²) in [5.41, 5.74) is 2.42. The molecule has 1 aromatic rings. The standard InChI is InChI=1S/C19H22/c1-17(2)11-10-13-18(3)12-6-4-7-14-19-15-8-5-9-16-19/h5,8-9,11,15-16,18H,10,12-13H2,1-3H3/t18-/m1/s1. The van der Waals surface area contributed by atoms with Crippen molar-refractivity contribution in [3.05, 3.63) is 47.5 Å². The SMILES string of the molecule is CC(C)=CCC[C@H](C)CC#CC#Cc1ccccc1. The Kier molecular flexibility index (Phi) is 7.23. The fraction of sp³-hybridized carbons (Fsp3) is 0.368. The van der Waals surface area contributed by atoms with Gasteiger partial charge in [-0.1, -0.05) is 48.6 Å². The second-order valence-electron chi connectivity index (χ2n) is 5.09. The molecule has 0 unspecified atom stereocenters. The molecule has 0 aliphatic rings. The summed E-state index contributed by atoms with van der Waals surface area (Å²) in [5, 5.41) is 0. The molecule has 0 saturated heterocycles. The Morgan fingerprint density at radius 1 is 1.16 bits per heavy atom. The van der Waals surface area contributed by atoms with Crippen molar-refractivity contribution < 1.29 is 0 Å². The first kappa shape index (κ1) is 15.1. The molecule has 0 nitrogen and oxygen atoms in total. The molecule has 0 N–H and O–H groups in total. The Morgan fingerprint density at radius 2 is 1.89 bits per heavy atom. The third-order valence-electron chi connectivity index (χ3n) is 2.79. The van der Waals surface area contributed by atoms with Gasteiger partial charge in [0.2, 0.25) is 0 Å². The first-order chi connectivity index (χ1) is 9.18. The molecule has 0 heteroatoms. The highest BCUT2D eigenvalue weighted by Gasteiger charge is 1.97. The third kappa shape index (κ3) is 7.91. The van der Waals surface area contributed by atoms with Gasteiger partial charge in [-0.15, -0.1) is 0 Å². The van der Waals surface area contributed by atoms with Crippen LogP contribution in [-0.4, -0.2) is 0 Å². The fourth-order valence-electron chi connectivity index (χ4n) is 1.65. The van der Waals surface area contributed by atoms with E-state index in [4.69, 9.17) is 0 Å². The molecule has 98 valence electrons. The summed E-state index contributed by atoms with van der Waals surface area (Å²) < 4.78 is 0. The Hall–Kier alpha value is -1.92. The Balaban J connectivity index is 2.32. The highest BCUT2D eigenvalue weighted by Crippen LogP contribution is 2.10. The van der Waals surface area contributed by atoms with Gasteiger partial charge in [0.15, 0.2) is 0 Å². The monoisotopic (exact) mass is 250 g/mol. The quantitative estimate of drug-likeness (QED) is 0.531. The average Bonchev–Trinajstić information content (AvgIpc) is 2.39. The maximum atomic E-state index is 3.15. The van der Waals surface area contributed by atoms with E-state index in [1.165, 1.54) is 12.0 Å². The van der Waals surface area contributed by atoms with Crippen LogP contribution in [0.25, 0.3) is 0 Å². The van der Waals surface area contributed by atoms with Gasteiger partial charge in [-0.3, -0.25) is 0 Å². The van der Waals surface area contributed by atoms with E-state index in [1.54, 1.807) is 0 Å². The van der Waals surface area contributed by atoms with Crippen LogP contribution in [-0.2, 0) is 0 Å². The minimum absolute atomic E-state index is 0.640. The van der Waals surface area contributed by atoms with Crippen molar-refractivity contribution >= 4 is 0 Å². The summed E-state index contributed by atoms with van der Waals surface area (Å²) in [4.78, 5) is 0. The first-order valence-electron chi connectivity index (χ1n) is 6.86. The molecule has 0 radical (unpaired) electrons. The predicted molar refractivity (Wildman–Crippen MR) is 83.5 cm³/mol. The molecule has 1 atom stereocenters. The second-order valence-corrected chi connectivity index (χ2v) is 5.09. The van der Waals surface area contributed by atoms with Gasteiger partial charge in [0.1, 0.15) is 0 Å². The van der Waals surface area contributed by atoms with E-state index in [9.17, 15) is 0 Å². The highest BCUT2D eigenvalue weighted by molar-refractivity contribution is 5.39. The minimum Gasteiger partial charge on any atom is -0.0888 e. The zero-order chi connectivity index (χ0) is 13.9. The van der Waals surface area contributed by atoms with Gasteiger partial charge in [0.05, 0.1) is 0 Å². The van der Waals surface area contributed by atoms with Crippen LogP contribution in [0.2, 0.25) is 0 Å². The fourth-order valence-corrected chi connectivity index (χ4v) is 1.65. The van der Waals surface area contributed by atoms with E-state index in [0.29, 0.717) is 5.92 Å². The van der Waals surface area contributed by atoms with Crippen LogP contribution in [0.3, 0.4) is 0 Å². The molecule has 0 heterocycles. The van der Waals surface area contributed by atoms with Crippen LogP contribution in [0, 0.1) is 29.6 Å². The lowest BCUT2D eigenvalue weighted by Gasteiger charge is -2.04. The van der Waals surface area contributed by atoms with Gasteiger partial charge in [-0.05, 0) is 56.6 Å². The number of hydrogen-bond donors (Lipinski definition) is 0. The van der Waals surface area contributed by atoms with Gasteiger partial charge >= 0.3 is 0 Å². The van der Waals surface area contributed by atoms with Crippen molar-refractivity contribution in [3.63, 3.8) is 0 Å². The van der Waals surface area contributed by atoms with Gasteiger partial charge in [0.25, 0.3) is 0 Å². The average molecular weight is 250 g/mol. The molecule has 19 heavy (non-hydrogen) atoms. The van der Waals surface area contributed by atoms with E-state index in [-0.39, 0.29) is 0 Å². The zero-order valence-electron chi connectivity index (χ0n) is 12.2. The first-order valence-corrected chi connectivity index (χ1v) is 6.86. The van der Waals surface area contributed by atoms with Gasteiger partial charge in [0, 0.05) is 12.0 Å². The maximum absolute atomic E-state index is 3.15. The number of rotatable bonds is 4. The predicted octanol–water partition coefficient (Wildman–Crippen LogP) is 4.81. The summed E-state index contributed by atoms with van der Waals surface area (Å²) in [5.74, 6) is 12.7. The lowest BCUT2D eigenvalue weighted by Crippen LogP contribution is -1.91. The Bertz CT molecular complexity index is 508. The van der Waals surface area contributed by atoms with Crippen LogP contribution >= 0.6 is 0 Å². The number of benzene rings is 1. The van der Waals surface area contributed by atoms with Crippen LogP contribution < -0.4 is 0 Å². The normalized spacial score (nSPS) is 10.5. The van der Waals surface area contributed by atoms with Crippen molar-refractivity contribution in [1.82, 2.24) is 0 Å². The van der Waals surface area contributed by atoms with Crippen molar-refractivity contribution in [3.8, 4) is 23.7 Å². The van der Waals surface area contributed by atoms with Crippen LogP contribution in [0.4, 0.5) is 0 Å². The van der Waals surface area contributed by atoms with Gasteiger partial charge in [-0.25, -0.2) is 0 Å². The van der Waals surface area contributed by atoms with E-state index < -0.39 is 0 Å². The summed E-state index contributed by atoms with van der Waals surface area (Å²) in [7, 11) is 0. The van der Waals surface area contributed by atoms with Crippen molar-refractivity contribution in [2.75, 3.05) is 0 Å². The highest BCUT2D eigenvalue weighted by atomic mass is 14.0. The smallest absolute Gasteiger partial charge is 0.0255 e. The van der Waals surface area contributed by atoms with Crippen molar-refractivity contribution in [2.24, 2.45) is 5.92 Å². The Labute approximate surface area is 117 Å². The molecule has 0 amide bonds. The number of allylic oxidation sites excluding steroid dienone is 2. The minimum atomic E-state index is 0.640. The lowest BCUT2D eigenvalue weighted by molar-refractivity contribution is 0.553. The summed E-state index contributed by atoms with van der Waals surface area (Å²) in [6.07, 6.45) is 5.58. The molecule has 0 fully saturated rings. The van der Waals surface area contributed by atoms with Gasteiger partial charge < -0.3 is 0 Å². The molecule has 0 aliphatic heterocycles. The molecular formula is C19H22. The molecular weight excluding hydrogens is 228 g/mol. The van der Waals surface area contributed by atoms with E-state index in [2.05, 4.69) is 50.5 Å². The molecule has 1 aromatic carbocycles. The van der Waals surface area contributed by atoms with E-state index in [1.807, 2.05) is 30.3 Å².